The van der Waals surface area contributed by atoms with Crippen LogP contribution in [0.5, 0.6) is 0 Å². The molecule has 1 aromatic heterocycles. The molecule has 0 aliphatic rings. The Balaban J connectivity index is 1.90. The van der Waals surface area contributed by atoms with E-state index in [4.69, 9.17) is 11.6 Å². The minimum absolute atomic E-state index is 0.0126. The highest BCUT2D eigenvalue weighted by molar-refractivity contribution is 7.92. The second kappa shape index (κ2) is 7.78. The fraction of sp³-hybridized carbons (Fsp3) is 0.0556. The molecule has 2 aromatic carbocycles. The zero-order chi connectivity index (χ0) is 20.4. The van der Waals surface area contributed by atoms with Crippen LogP contribution in [0.15, 0.2) is 71.8 Å². The SMILES string of the molecule is CS(=O)(=O)Nc1ccc(-c2cnc(Cl)c(NS(=O)(=O)c3ccccc3)c2)cc1. The number of halogens is 1. The van der Waals surface area contributed by atoms with Gasteiger partial charge in [0.25, 0.3) is 10.0 Å². The lowest BCUT2D eigenvalue weighted by Gasteiger charge is -2.11. The molecular weight excluding hydrogens is 422 g/mol. The Morgan fingerprint density at radius 2 is 1.50 bits per heavy atom. The average molecular weight is 438 g/mol. The van der Waals surface area contributed by atoms with Gasteiger partial charge in [0, 0.05) is 17.4 Å². The molecule has 0 spiro atoms. The van der Waals surface area contributed by atoms with Gasteiger partial charge in [0.1, 0.15) is 0 Å². The monoisotopic (exact) mass is 437 g/mol. The van der Waals surface area contributed by atoms with Gasteiger partial charge in [0.2, 0.25) is 10.0 Å². The predicted octanol–water partition coefficient (Wildman–Crippen LogP) is 3.57. The van der Waals surface area contributed by atoms with Crippen molar-refractivity contribution in [1.82, 2.24) is 4.98 Å². The third-order valence-electron chi connectivity index (χ3n) is 3.66. The lowest BCUT2D eigenvalue weighted by Crippen LogP contribution is -2.13. The molecule has 0 atom stereocenters. The number of anilines is 2. The Hall–Kier alpha value is -2.62. The van der Waals surface area contributed by atoms with Gasteiger partial charge in [0.15, 0.2) is 5.15 Å². The zero-order valence-corrected chi connectivity index (χ0v) is 17.0. The first-order valence-corrected chi connectivity index (χ1v) is 11.7. The summed E-state index contributed by atoms with van der Waals surface area (Å²) in [4.78, 5) is 4.15. The Morgan fingerprint density at radius 1 is 0.857 bits per heavy atom. The lowest BCUT2D eigenvalue weighted by atomic mass is 10.1. The highest BCUT2D eigenvalue weighted by Gasteiger charge is 2.16. The molecule has 2 N–H and O–H groups in total. The minimum atomic E-state index is -3.81. The van der Waals surface area contributed by atoms with Crippen molar-refractivity contribution >= 4 is 43.0 Å². The van der Waals surface area contributed by atoms with E-state index in [0.717, 1.165) is 6.26 Å². The standard InChI is InChI=1S/C18H16ClN3O4S2/c1-27(23,24)21-15-9-7-13(8-10-15)14-11-17(18(19)20-12-14)22-28(25,26)16-5-3-2-4-6-16/h2-12,21-22H,1H3. The fourth-order valence-electron chi connectivity index (χ4n) is 2.43. The Labute approximate surface area is 168 Å². The van der Waals surface area contributed by atoms with Gasteiger partial charge >= 0.3 is 0 Å². The number of aromatic nitrogens is 1. The molecule has 7 nitrogen and oxygen atoms in total. The summed E-state index contributed by atoms with van der Waals surface area (Å²) in [6, 6.07) is 16.0. The van der Waals surface area contributed by atoms with Crippen molar-refractivity contribution in [3.63, 3.8) is 0 Å². The van der Waals surface area contributed by atoms with E-state index in [2.05, 4.69) is 14.4 Å². The first kappa shape index (κ1) is 20.1. The van der Waals surface area contributed by atoms with Crippen LogP contribution in [0, 0.1) is 0 Å². The van der Waals surface area contributed by atoms with Crippen LogP contribution in [0.4, 0.5) is 11.4 Å². The first-order valence-electron chi connectivity index (χ1n) is 7.96. The highest BCUT2D eigenvalue weighted by Crippen LogP contribution is 2.29. The van der Waals surface area contributed by atoms with E-state index in [-0.39, 0.29) is 15.7 Å². The number of rotatable bonds is 6. The molecule has 0 bridgehead atoms. The van der Waals surface area contributed by atoms with Gasteiger partial charge in [-0.05, 0) is 35.9 Å². The van der Waals surface area contributed by atoms with Gasteiger partial charge in [-0.25, -0.2) is 21.8 Å². The number of pyridine rings is 1. The summed E-state index contributed by atoms with van der Waals surface area (Å²) in [5.74, 6) is 0. The molecule has 0 saturated heterocycles. The number of hydrogen-bond acceptors (Lipinski definition) is 5. The summed E-state index contributed by atoms with van der Waals surface area (Å²) in [5, 5.41) is 0.0126. The molecule has 3 rings (SSSR count). The third kappa shape index (κ3) is 5.00. The molecule has 0 radical (unpaired) electrons. The van der Waals surface area contributed by atoms with Gasteiger partial charge in [-0.15, -0.1) is 0 Å². The van der Waals surface area contributed by atoms with Crippen LogP contribution in [-0.2, 0) is 20.0 Å². The topological polar surface area (TPSA) is 105 Å². The Morgan fingerprint density at radius 3 is 2.11 bits per heavy atom. The van der Waals surface area contributed by atoms with E-state index >= 15 is 0 Å². The summed E-state index contributed by atoms with van der Waals surface area (Å²) >= 11 is 6.06. The summed E-state index contributed by atoms with van der Waals surface area (Å²) in [6.45, 7) is 0. The molecule has 10 heteroatoms. The van der Waals surface area contributed by atoms with E-state index in [9.17, 15) is 16.8 Å². The van der Waals surface area contributed by atoms with Crippen LogP contribution in [0.1, 0.15) is 0 Å². The molecule has 0 amide bonds. The van der Waals surface area contributed by atoms with Gasteiger partial charge in [0.05, 0.1) is 16.8 Å². The lowest BCUT2D eigenvalue weighted by molar-refractivity contribution is 0.600. The molecule has 0 aliphatic heterocycles. The van der Waals surface area contributed by atoms with Crippen LogP contribution < -0.4 is 9.44 Å². The quantitative estimate of drug-likeness (QED) is 0.573. The number of hydrogen-bond donors (Lipinski definition) is 2. The summed E-state index contributed by atoms with van der Waals surface area (Å²) < 4.78 is 52.4. The van der Waals surface area contributed by atoms with E-state index in [1.54, 1.807) is 48.5 Å². The molecule has 0 saturated carbocycles. The zero-order valence-electron chi connectivity index (χ0n) is 14.6. The van der Waals surface area contributed by atoms with E-state index < -0.39 is 20.0 Å². The largest absolute Gasteiger partial charge is 0.284 e. The van der Waals surface area contributed by atoms with Crippen LogP contribution in [0.2, 0.25) is 5.15 Å². The smallest absolute Gasteiger partial charge is 0.261 e. The molecule has 3 aromatic rings. The van der Waals surface area contributed by atoms with Gasteiger partial charge < -0.3 is 0 Å². The summed E-state index contributed by atoms with van der Waals surface area (Å²) in [5.41, 5.74) is 1.88. The molecule has 28 heavy (non-hydrogen) atoms. The van der Waals surface area contributed by atoms with E-state index in [1.165, 1.54) is 18.3 Å². The maximum atomic E-state index is 12.5. The number of sulfonamides is 2. The molecule has 0 unspecified atom stereocenters. The summed E-state index contributed by atoms with van der Waals surface area (Å²) in [7, 11) is -7.18. The number of nitrogens with zero attached hydrogens (tertiary/aromatic N) is 1. The minimum Gasteiger partial charge on any atom is -0.284 e. The second-order valence-corrected chi connectivity index (χ2v) is 9.72. The van der Waals surface area contributed by atoms with Crippen LogP contribution >= 0.6 is 11.6 Å². The number of benzene rings is 2. The highest BCUT2D eigenvalue weighted by atomic mass is 35.5. The van der Waals surface area contributed by atoms with E-state index in [1.807, 2.05) is 0 Å². The van der Waals surface area contributed by atoms with Gasteiger partial charge in [-0.1, -0.05) is 41.9 Å². The maximum Gasteiger partial charge on any atom is 0.261 e. The van der Waals surface area contributed by atoms with Crippen molar-refractivity contribution < 1.29 is 16.8 Å². The molecule has 1 heterocycles. The van der Waals surface area contributed by atoms with Crippen molar-refractivity contribution in [2.24, 2.45) is 0 Å². The van der Waals surface area contributed by atoms with Crippen molar-refractivity contribution in [3.05, 3.63) is 72.0 Å². The van der Waals surface area contributed by atoms with Crippen molar-refractivity contribution in [3.8, 4) is 11.1 Å². The molecular formula is C18H16ClN3O4S2. The Bertz CT molecular complexity index is 1200. The fourth-order valence-corrected chi connectivity index (χ4v) is 4.27. The molecule has 146 valence electrons. The van der Waals surface area contributed by atoms with Crippen molar-refractivity contribution in [2.45, 2.75) is 4.90 Å². The van der Waals surface area contributed by atoms with Crippen LogP contribution in [0.25, 0.3) is 11.1 Å². The van der Waals surface area contributed by atoms with Crippen molar-refractivity contribution in [2.75, 3.05) is 15.7 Å². The summed E-state index contributed by atoms with van der Waals surface area (Å²) in [6.07, 6.45) is 2.57. The third-order valence-corrected chi connectivity index (χ3v) is 5.95. The average Bonchev–Trinajstić information content (AvgIpc) is 2.63. The second-order valence-electron chi connectivity index (χ2n) is 5.93. The maximum absolute atomic E-state index is 12.5. The van der Waals surface area contributed by atoms with Crippen molar-refractivity contribution in [1.29, 1.82) is 0 Å². The van der Waals surface area contributed by atoms with Crippen LogP contribution in [0.3, 0.4) is 0 Å². The first-order chi connectivity index (χ1) is 13.1. The van der Waals surface area contributed by atoms with Gasteiger partial charge in [-0.3, -0.25) is 9.44 Å². The molecule has 0 aliphatic carbocycles. The Kier molecular flexibility index (Phi) is 5.59. The normalized spacial score (nSPS) is 11.8. The van der Waals surface area contributed by atoms with E-state index in [0.29, 0.717) is 16.8 Å². The van der Waals surface area contributed by atoms with Gasteiger partial charge in [-0.2, -0.15) is 0 Å². The number of nitrogens with one attached hydrogen (secondary N) is 2. The predicted molar refractivity (Wildman–Crippen MR) is 110 cm³/mol. The van der Waals surface area contributed by atoms with Crippen LogP contribution in [-0.4, -0.2) is 28.1 Å². The molecule has 0 fully saturated rings.